The van der Waals surface area contributed by atoms with Crippen LogP contribution in [0, 0.1) is 5.92 Å². The van der Waals surface area contributed by atoms with Crippen LogP contribution in [0.15, 0.2) is 146 Å². The van der Waals surface area contributed by atoms with Crippen LogP contribution in [0.25, 0.3) is 66.6 Å². The van der Waals surface area contributed by atoms with Crippen molar-refractivity contribution in [3.63, 3.8) is 0 Å². The Bertz CT molecular complexity index is 2500. The Kier molecular flexibility index (Phi) is 6.25. The van der Waals surface area contributed by atoms with Crippen molar-refractivity contribution < 1.29 is 0 Å². The van der Waals surface area contributed by atoms with E-state index in [0.717, 1.165) is 22.2 Å². The smallest absolute Gasteiger partial charge is 0.238 e. The van der Waals surface area contributed by atoms with Crippen molar-refractivity contribution in [3.8, 4) is 39.9 Å². The lowest BCUT2D eigenvalue weighted by Crippen LogP contribution is -2.15. The number of benzene rings is 5. The molecule has 7 aromatic rings. The molecule has 5 aromatic carbocycles. The van der Waals surface area contributed by atoms with Crippen molar-refractivity contribution >= 4 is 38.5 Å². The maximum absolute atomic E-state index is 5.15. The molecule has 0 saturated carbocycles. The van der Waals surface area contributed by atoms with Gasteiger partial charge in [-0.3, -0.25) is 4.57 Å². The first-order valence-corrected chi connectivity index (χ1v) is 17.7. The average Bonchev–Trinajstić information content (AvgIpc) is 3.80. The molecule has 1 aliphatic heterocycles. The van der Waals surface area contributed by atoms with Gasteiger partial charge in [0.15, 0.2) is 11.6 Å². The predicted octanol–water partition coefficient (Wildman–Crippen LogP) is 10.8. The Balaban J connectivity index is 1.17. The first kappa shape index (κ1) is 28.5. The monoisotopic (exact) mass is 648 g/mol. The number of hydrogen-bond donors (Lipinski definition) is 0. The predicted molar refractivity (Wildman–Crippen MR) is 204 cm³/mol. The zero-order chi connectivity index (χ0) is 32.7. The zero-order valence-corrected chi connectivity index (χ0v) is 28.0. The van der Waals surface area contributed by atoms with Crippen LogP contribution in [0.2, 0.25) is 0 Å². The molecule has 0 bridgehead atoms. The number of thioether (sulfide) groups is 1. The molecular weight excluding hydrogens is 617 g/mol. The normalized spacial score (nSPS) is 18.4. The lowest BCUT2D eigenvalue weighted by molar-refractivity contribution is 0.660. The van der Waals surface area contributed by atoms with Crippen molar-refractivity contribution in [2.75, 3.05) is 0 Å². The molecule has 0 N–H and O–H groups in total. The number of nitrogens with zero attached hydrogens (tertiary/aromatic N) is 4. The molecule has 0 radical (unpaired) electrons. The van der Waals surface area contributed by atoms with Gasteiger partial charge in [-0.1, -0.05) is 135 Å². The third-order valence-electron chi connectivity index (χ3n) is 10.4. The van der Waals surface area contributed by atoms with Crippen LogP contribution in [0.4, 0.5) is 0 Å². The molecule has 5 heteroatoms. The summed E-state index contributed by atoms with van der Waals surface area (Å²) in [5.74, 6) is 2.39. The van der Waals surface area contributed by atoms with Crippen LogP contribution < -0.4 is 0 Å². The second-order valence-corrected chi connectivity index (χ2v) is 14.8. The van der Waals surface area contributed by atoms with Crippen LogP contribution in [-0.2, 0) is 5.41 Å². The van der Waals surface area contributed by atoms with Gasteiger partial charge in [0.2, 0.25) is 5.95 Å². The van der Waals surface area contributed by atoms with Gasteiger partial charge in [-0.15, -0.1) is 11.8 Å². The van der Waals surface area contributed by atoms with E-state index in [-0.39, 0.29) is 5.41 Å². The second kappa shape index (κ2) is 10.7. The zero-order valence-electron chi connectivity index (χ0n) is 27.2. The summed E-state index contributed by atoms with van der Waals surface area (Å²) >= 11 is 1.98. The molecule has 0 spiro atoms. The second-order valence-electron chi connectivity index (χ2n) is 13.6. The van der Waals surface area contributed by atoms with Crippen molar-refractivity contribution in [2.45, 2.75) is 24.5 Å². The molecule has 10 rings (SSSR count). The quantitative estimate of drug-likeness (QED) is 0.190. The van der Waals surface area contributed by atoms with E-state index in [1.165, 1.54) is 43.5 Å². The summed E-state index contributed by atoms with van der Waals surface area (Å²) < 4.78 is 2.23. The molecule has 3 heterocycles. The lowest BCUT2D eigenvalue weighted by Gasteiger charge is -2.22. The first-order chi connectivity index (χ1) is 24.0. The lowest BCUT2D eigenvalue weighted by atomic mass is 9.81. The van der Waals surface area contributed by atoms with Crippen molar-refractivity contribution in [2.24, 2.45) is 5.92 Å². The van der Waals surface area contributed by atoms with Gasteiger partial charge in [-0.05, 0) is 52.1 Å². The molecule has 3 aliphatic rings. The van der Waals surface area contributed by atoms with Gasteiger partial charge in [0.25, 0.3) is 0 Å². The third kappa shape index (κ3) is 4.42. The molecule has 234 valence electrons. The molecule has 0 saturated heterocycles. The highest BCUT2D eigenvalue weighted by atomic mass is 32.2. The van der Waals surface area contributed by atoms with Crippen LogP contribution in [0.1, 0.15) is 30.5 Å². The van der Waals surface area contributed by atoms with Gasteiger partial charge in [-0.2, -0.15) is 9.97 Å². The van der Waals surface area contributed by atoms with Crippen LogP contribution in [0.3, 0.4) is 0 Å². The number of rotatable bonds is 4. The van der Waals surface area contributed by atoms with Crippen molar-refractivity contribution in [3.05, 3.63) is 162 Å². The molecule has 0 fully saturated rings. The molecular formula is C44H32N4S. The van der Waals surface area contributed by atoms with E-state index in [1.54, 1.807) is 0 Å². The van der Waals surface area contributed by atoms with E-state index < -0.39 is 0 Å². The number of para-hydroxylation sites is 1. The first-order valence-electron chi connectivity index (χ1n) is 16.9. The minimum atomic E-state index is -0.184. The molecule has 2 unspecified atom stereocenters. The van der Waals surface area contributed by atoms with Gasteiger partial charge in [0.05, 0.1) is 11.0 Å². The summed E-state index contributed by atoms with van der Waals surface area (Å²) in [5.41, 5.74) is 10.5. The topological polar surface area (TPSA) is 43.6 Å². The van der Waals surface area contributed by atoms with E-state index in [0.29, 0.717) is 28.8 Å². The summed E-state index contributed by atoms with van der Waals surface area (Å²) in [6, 6.07) is 40.9. The molecule has 2 aliphatic carbocycles. The fourth-order valence-electron chi connectivity index (χ4n) is 7.86. The molecule has 0 amide bonds. The number of allylic oxidation sites excluding steroid dienone is 4. The molecule has 4 nitrogen and oxygen atoms in total. The number of fused-ring (bicyclic) bond motifs is 7. The highest BCUT2D eigenvalue weighted by Crippen LogP contribution is 2.53. The fraction of sp³-hybridized carbons (Fsp3) is 0.114. The summed E-state index contributed by atoms with van der Waals surface area (Å²) in [5, 5.41) is 2.87. The highest BCUT2D eigenvalue weighted by molar-refractivity contribution is 8.09. The average molecular weight is 649 g/mol. The third-order valence-corrected chi connectivity index (χ3v) is 11.7. The number of aromatic nitrogens is 4. The number of hydrogen-bond acceptors (Lipinski definition) is 4. The van der Waals surface area contributed by atoms with Crippen LogP contribution >= 0.6 is 11.8 Å². The Morgan fingerprint density at radius 3 is 2.00 bits per heavy atom. The maximum Gasteiger partial charge on any atom is 0.238 e. The summed E-state index contributed by atoms with van der Waals surface area (Å²) in [6.45, 7) is 4.73. The van der Waals surface area contributed by atoms with E-state index in [4.69, 9.17) is 15.0 Å². The largest absolute Gasteiger partial charge is 0.278 e. The fourth-order valence-corrected chi connectivity index (χ4v) is 9.15. The molecule has 2 atom stereocenters. The van der Waals surface area contributed by atoms with Crippen molar-refractivity contribution in [1.82, 2.24) is 19.5 Å². The maximum atomic E-state index is 5.15. The summed E-state index contributed by atoms with van der Waals surface area (Å²) in [7, 11) is 0. The standard InChI is InChI=1S/C44H32N4S/c1-44(2)35-23-30(40-24-29-17-9-12-20-39(29)49-40)21-22-31(35)33-25-34-32-18-10-11-19-37(32)48(38(34)26-36(33)44)43-46-41(27-13-5-3-6-14-27)45-42(47-43)28-15-7-4-8-16-28/h3-26,29,39H,1-2H3. The Morgan fingerprint density at radius 2 is 1.27 bits per heavy atom. The van der Waals surface area contributed by atoms with E-state index >= 15 is 0 Å². The van der Waals surface area contributed by atoms with Gasteiger partial charge in [-0.25, -0.2) is 4.98 Å². The van der Waals surface area contributed by atoms with Crippen LogP contribution in [0.5, 0.6) is 0 Å². The van der Waals surface area contributed by atoms with E-state index in [1.807, 2.05) is 48.2 Å². The Hall–Kier alpha value is -5.52. The van der Waals surface area contributed by atoms with Gasteiger partial charge >= 0.3 is 0 Å². The SMILES string of the molecule is CC1(C)c2cc(C3=CC4C=CC=CC4S3)ccc2-c2cc3c4ccccc4n(-c4nc(-c5ccccc5)nc(-c5ccccc5)n4)c3cc21. The van der Waals surface area contributed by atoms with Gasteiger partial charge in [0, 0.05) is 43.4 Å². The van der Waals surface area contributed by atoms with E-state index in [2.05, 4.69) is 128 Å². The summed E-state index contributed by atoms with van der Waals surface area (Å²) in [6.07, 6.45) is 11.4. The van der Waals surface area contributed by atoms with Gasteiger partial charge < -0.3 is 0 Å². The van der Waals surface area contributed by atoms with E-state index in [9.17, 15) is 0 Å². The van der Waals surface area contributed by atoms with Crippen LogP contribution in [-0.4, -0.2) is 24.8 Å². The molecule has 2 aromatic heterocycles. The van der Waals surface area contributed by atoms with Crippen molar-refractivity contribution in [1.29, 1.82) is 0 Å². The summed E-state index contributed by atoms with van der Waals surface area (Å²) in [4.78, 5) is 16.6. The highest BCUT2D eigenvalue weighted by Gasteiger charge is 2.37. The Morgan fingerprint density at radius 1 is 0.592 bits per heavy atom. The van der Waals surface area contributed by atoms with Gasteiger partial charge in [0.1, 0.15) is 0 Å². The molecule has 49 heavy (non-hydrogen) atoms. The Labute approximate surface area is 289 Å². The minimum Gasteiger partial charge on any atom is -0.278 e. The minimum absolute atomic E-state index is 0.184.